The number of carbonyl (C=O) groups excluding carboxylic acids is 1. The van der Waals surface area contributed by atoms with E-state index in [4.69, 9.17) is 21.1 Å². The van der Waals surface area contributed by atoms with Crippen molar-refractivity contribution in [3.8, 4) is 5.75 Å². The largest absolute Gasteiger partial charge is 0.492 e. The molecule has 4 heterocycles. The number of hydrogen-bond acceptors (Lipinski definition) is 5. The number of rotatable bonds is 9. The molecule has 34 heavy (non-hydrogen) atoms. The molecule has 184 valence electrons. The molecule has 6 rings (SSSR count). The van der Waals surface area contributed by atoms with Gasteiger partial charge in [-0.05, 0) is 36.4 Å². The van der Waals surface area contributed by atoms with Gasteiger partial charge in [0.05, 0.1) is 31.3 Å². The van der Waals surface area contributed by atoms with Crippen molar-refractivity contribution in [2.45, 2.75) is 56.7 Å². The summed E-state index contributed by atoms with van der Waals surface area (Å²) < 4.78 is 13.1. The normalized spacial score (nSPS) is 28.5. The van der Waals surface area contributed by atoms with E-state index in [0.29, 0.717) is 17.5 Å². The summed E-state index contributed by atoms with van der Waals surface area (Å²) >= 11 is 7.66. The van der Waals surface area contributed by atoms with Gasteiger partial charge in [-0.2, -0.15) is 0 Å². The van der Waals surface area contributed by atoms with Crippen LogP contribution in [-0.2, 0) is 15.1 Å². The Morgan fingerprint density at radius 1 is 1.12 bits per heavy atom. The number of aliphatic hydroxyl groups is 1. The molecule has 0 spiro atoms. The van der Waals surface area contributed by atoms with Crippen LogP contribution in [0.2, 0.25) is 5.02 Å². The molecule has 4 aliphatic rings. The van der Waals surface area contributed by atoms with Crippen molar-refractivity contribution in [3.05, 3.63) is 51.7 Å². The summed E-state index contributed by atoms with van der Waals surface area (Å²) in [5, 5.41) is 14.3. The predicted octanol–water partition coefficient (Wildman–Crippen LogP) is 5.40. The van der Waals surface area contributed by atoms with Gasteiger partial charge in [-0.3, -0.25) is 0 Å². The van der Waals surface area contributed by atoms with E-state index in [-0.39, 0.29) is 12.0 Å². The molecule has 4 fully saturated rings. The Kier molecular flexibility index (Phi) is 7.22. The van der Waals surface area contributed by atoms with Crippen LogP contribution in [0.1, 0.15) is 49.8 Å². The van der Waals surface area contributed by atoms with E-state index in [2.05, 4.69) is 0 Å². The highest BCUT2D eigenvalue weighted by Gasteiger charge is 2.53. The van der Waals surface area contributed by atoms with Crippen LogP contribution >= 0.6 is 22.9 Å². The third-order valence-corrected chi connectivity index (χ3v) is 9.63. The number of para-hydroxylation sites is 1. The highest BCUT2D eigenvalue weighted by atomic mass is 35.5. The van der Waals surface area contributed by atoms with Gasteiger partial charge < -0.3 is 19.1 Å². The Morgan fingerprint density at radius 3 is 2.59 bits per heavy atom. The zero-order chi connectivity index (χ0) is 23.6. The number of ether oxygens (including phenoxy) is 2. The number of quaternary nitrogens is 1. The molecular weight excluding hydrogens is 470 g/mol. The van der Waals surface area contributed by atoms with Crippen LogP contribution in [0.5, 0.6) is 5.75 Å². The van der Waals surface area contributed by atoms with Crippen molar-refractivity contribution in [1.29, 1.82) is 0 Å². The molecule has 1 saturated carbocycles. The lowest BCUT2D eigenvalue weighted by Gasteiger charge is -2.52. The number of piperidine rings is 3. The number of nitrogens with zero attached hydrogens (tertiary/aromatic N) is 1. The Hall–Kier alpha value is -1.60. The minimum absolute atomic E-state index is 0.0511. The minimum Gasteiger partial charge on any atom is -0.492 e. The van der Waals surface area contributed by atoms with Crippen molar-refractivity contribution in [3.63, 3.8) is 0 Å². The maximum atomic E-state index is 13.5. The lowest BCUT2D eigenvalue weighted by molar-refractivity contribution is -0.946. The van der Waals surface area contributed by atoms with Crippen molar-refractivity contribution < 1.29 is 23.9 Å². The van der Waals surface area contributed by atoms with Crippen LogP contribution in [0.25, 0.3) is 0 Å². The quantitative estimate of drug-likeness (QED) is 0.282. The first kappa shape index (κ1) is 24.1. The predicted molar refractivity (Wildman–Crippen MR) is 134 cm³/mol. The molecule has 1 aromatic heterocycles. The number of benzene rings is 1. The molecule has 1 aliphatic carbocycles. The molecule has 1 aromatic carbocycles. The van der Waals surface area contributed by atoms with Crippen LogP contribution in [0.15, 0.2) is 41.8 Å². The van der Waals surface area contributed by atoms with E-state index in [1.54, 1.807) is 0 Å². The molecule has 3 saturated heterocycles. The molecular formula is C27H35ClNO4S+. The van der Waals surface area contributed by atoms with Gasteiger partial charge >= 0.3 is 5.97 Å². The molecule has 3 aliphatic heterocycles. The van der Waals surface area contributed by atoms with Gasteiger partial charge in [0.15, 0.2) is 11.7 Å². The third kappa shape index (κ3) is 4.75. The summed E-state index contributed by atoms with van der Waals surface area (Å²) in [6, 6.07) is 11.4. The zero-order valence-corrected chi connectivity index (χ0v) is 21.2. The molecule has 0 unspecified atom stereocenters. The van der Waals surface area contributed by atoms with Gasteiger partial charge in [0.2, 0.25) is 0 Å². The number of hydrogen-bond donors (Lipinski definition) is 1. The summed E-state index contributed by atoms with van der Waals surface area (Å²) in [5.41, 5.74) is -1.51. The van der Waals surface area contributed by atoms with Gasteiger partial charge in [-0.15, -0.1) is 11.3 Å². The summed E-state index contributed by atoms with van der Waals surface area (Å²) in [7, 11) is 0. The zero-order valence-electron chi connectivity index (χ0n) is 19.7. The SMILES string of the molecule is O=C(O[C@H]1C[N+]2(CCCOc3ccccc3Cl)CCC1CC2)[C@](O)(c1cccs1)C1CCCC1. The summed E-state index contributed by atoms with van der Waals surface area (Å²) in [6.45, 7) is 4.72. The average Bonchev–Trinajstić information content (AvgIpc) is 3.58. The van der Waals surface area contributed by atoms with Crippen molar-refractivity contribution >= 4 is 28.9 Å². The first-order valence-electron chi connectivity index (χ1n) is 12.7. The molecule has 1 N–H and O–H groups in total. The van der Waals surface area contributed by atoms with Gasteiger partial charge in [-0.25, -0.2) is 4.79 Å². The fourth-order valence-corrected chi connectivity index (χ4v) is 7.43. The second-order valence-electron chi connectivity index (χ2n) is 10.3. The molecule has 2 bridgehead atoms. The second-order valence-corrected chi connectivity index (χ2v) is 11.7. The Balaban J connectivity index is 1.21. The number of thiophene rings is 1. The van der Waals surface area contributed by atoms with Crippen LogP contribution in [-0.4, -0.2) is 54.4 Å². The highest BCUT2D eigenvalue weighted by molar-refractivity contribution is 7.10. The van der Waals surface area contributed by atoms with E-state index in [0.717, 1.165) is 86.2 Å². The van der Waals surface area contributed by atoms with Gasteiger partial charge in [-0.1, -0.05) is 42.6 Å². The number of carbonyl (C=O) groups is 1. The summed E-state index contributed by atoms with van der Waals surface area (Å²) in [5.74, 6) is 0.651. The Morgan fingerprint density at radius 2 is 1.88 bits per heavy atom. The molecule has 2 atom stereocenters. The molecule has 7 heteroatoms. The van der Waals surface area contributed by atoms with Crippen molar-refractivity contribution in [2.24, 2.45) is 11.8 Å². The molecule has 2 aromatic rings. The number of halogens is 1. The van der Waals surface area contributed by atoms with Gasteiger partial charge in [0.1, 0.15) is 12.3 Å². The van der Waals surface area contributed by atoms with E-state index in [9.17, 15) is 9.90 Å². The second kappa shape index (κ2) is 10.2. The lowest BCUT2D eigenvalue weighted by Crippen LogP contribution is -2.65. The topological polar surface area (TPSA) is 55.8 Å². The smallest absolute Gasteiger partial charge is 0.344 e. The standard InChI is InChI=1S/C27H35ClNO4S/c28-22-9-3-4-10-23(22)32-17-6-14-29-15-12-20(13-16-29)24(19-29)33-26(30)27(31,21-7-1-2-8-21)25-11-5-18-34-25/h3-5,9-11,18,20-21,24,31H,1-2,6-8,12-17,19H2/q+1/t20?,24-,27+,29?/m0/s1. The van der Waals surface area contributed by atoms with E-state index in [1.165, 1.54) is 11.3 Å². The fraction of sp³-hybridized carbons (Fsp3) is 0.593. The highest BCUT2D eigenvalue weighted by Crippen LogP contribution is 2.44. The molecule has 0 amide bonds. The van der Waals surface area contributed by atoms with Crippen molar-refractivity contribution in [1.82, 2.24) is 0 Å². The minimum atomic E-state index is -1.51. The maximum Gasteiger partial charge on any atom is 0.344 e. The number of fused-ring (bicyclic) bond motifs is 3. The molecule has 0 radical (unpaired) electrons. The monoisotopic (exact) mass is 504 g/mol. The first-order valence-corrected chi connectivity index (χ1v) is 14.0. The first-order chi connectivity index (χ1) is 16.5. The van der Waals surface area contributed by atoms with Crippen LogP contribution < -0.4 is 4.74 Å². The van der Waals surface area contributed by atoms with E-state index >= 15 is 0 Å². The average molecular weight is 505 g/mol. The Labute approximate surface area is 211 Å². The van der Waals surface area contributed by atoms with Gasteiger partial charge in [0, 0.05) is 36.0 Å². The van der Waals surface area contributed by atoms with Crippen LogP contribution in [0.3, 0.4) is 0 Å². The summed E-state index contributed by atoms with van der Waals surface area (Å²) in [4.78, 5) is 14.3. The van der Waals surface area contributed by atoms with Gasteiger partial charge in [0.25, 0.3) is 0 Å². The third-order valence-electron chi connectivity index (χ3n) is 8.32. The van der Waals surface area contributed by atoms with Crippen LogP contribution in [0.4, 0.5) is 0 Å². The maximum absolute atomic E-state index is 13.5. The van der Waals surface area contributed by atoms with Crippen molar-refractivity contribution in [2.75, 3.05) is 32.8 Å². The van der Waals surface area contributed by atoms with E-state index in [1.807, 2.05) is 41.8 Å². The number of esters is 1. The Bertz CT molecular complexity index is 969. The fourth-order valence-electron chi connectivity index (χ4n) is 6.35. The molecule has 5 nitrogen and oxygen atoms in total. The van der Waals surface area contributed by atoms with E-state index < -0.39 is 11.6 Å². The van der Waals surface area contributed by atoms with Crippen LogP contribution in [0, 0.1) is 11.8 Å². The lowest BCUT2D eigenvalue weighted by atomic mass is 9.82. The summed E-state index contributed by atoms with van der Waals surface area (Å²) in [6.07, 6.45) is 6.84.